The average Bonchev–Trinajstić information content (AvgIpc) is 2.85. The van der Waals surface area contributed by atoms with Crippen LogP contribution in [0.25, 0.3) is 10.8 Å². The molecule has 4 rings (SSSR count). The number of hydrogen-bond acceptors (Lipinski definition) is 4. The van der Waals surface area contributed by atoms with Crippen LogP contribution >= 0.6 is 23.2 Å². The minimum absolute atomic E-state index is 0.171. The number of rotatable bonds is 7. The van der Waals surface area contributed by atoms with Gasteiger partial charge in [0.15, 0.2) is 6.61 Å². The van der Waals surface area contributed by atoms with Crippen LogP contribution in [0.3, 0.4) is 0 Å². The summed E-state index contributed by atoms with van der Waals surface area (Å²) in [4.78, 5) is 24.4. The van der Waals surface area contributed by atoms with Crippen molar-refractivity contribution in [2.75, 3.05) is 11.9 Å². The number of hydrazone groups is 1. The van der Waals surface area contributed by atoms with Crippen molar-refractivity contribution in [3.05, 3.63) is 106 Å². The van der Waals surface area contributed by atoms with Crippen LogP contribution in [0.1, 0.15) is 15.9 Å². The summed E-state index contributed by atoms with van der Waals surface area (Å²) in [5.74, 6) is -0.114. The van der Waals surface area contributed by atoms with E-state index in [-0.39, 0.29) is 18.4 Å². The molecule has 0 heterocycles. The van der Waals surface area contributed by atoms with Crippen molar-refractivity contribution in [1.29, 1.82) is 0 Å². The van der Waals surface area contributed by atoms with Crippen molar-refractivity contribution in [2.24, 2.45) is 5.10 Å². The third-order valence-corrected chi connectivity index (χ3v) is 5.58. The molecule has 0 saturated carbocycles. The fourth-order valence-electron chi connectivity index (χ4n) is 3.13. The number of ether oxygens (including phenoxy) is 1. The number of nitrogens with one attached hydrogen (secondary N) is 2. The van der Waals surface area contributed by atoms with E-state index in [0.29, 0.717) is 27.0 Å². The predicted octanol–water partition coefficient (Wildman–Crippen LogP) is 5.93. The van der Waals surface area contributed by atoms with E-state index in [9.17, 15) is 9.59 Å². The lowest BCUT2D eigenvalue weighted by Crippen LogP contribution is -2.20. The summed E-state index contributed by atoms with van der Waals surface area (Å²) < 4.78 is 5.50. The van der Waals surface area contributed by atoms with Gasteiger partial charge in [-0.05, 0) is 70.9 Å². The van der Waals surface area contributed by atoms with Crippen LogP contribution < -0.4 is 15.5 Å². The summed E-state index contributed by atoms with van der Waals surface area (Å²) in [7, 11) is 0. The number of fused-ring (bicyclic) bond motifs is 1. The lowest BCUT2D eigenvalue weighted by Gasteiger charge is -2.08. The molecule has 0 aliphatic rings. The second-order valence-electron chi connectivity index (χ2n) is 7.30. The summed E-state index contributed by atoms with van der Waals surface area (Å²) in [6.45, 7) is -0.171. The molecule has 0 spiro atoms. The van der Waals surface area contributed by atoms with Gasteiger partial charge in [0.25, 0.3) is 11.8 Å². The number of amides is 2. The molecule has 0 saturated heterocycles. The van der Waals surface area contributed by atoms with Gasteiger partial charge in [-0.1, -0.05) is 53.5 Å². The maximum absolute atomic E-state index is 12.4. The van der Waals surface area contributed by atoms with E-state index in [2.05, 4.69) is 15.8 Å². The van der Waals surface area contributed by atoms with Crippen LogP contribution in [-0.4, -0.2) is 24.6 Å². The Morgan fingerprint density at radius 3 is 2.38 bits per heavy atom. The zero-order chi connectivity index (χ0) is 23.9. The normalized spacial score (nSPS) is 10.9. The van der Waals surface area contributed by atoms with Crippen LogP contribution in [0.2, 0.25) is 10.0 Å². The highest BCUT2D eigenvalue weighted by Gasteiger charge is 2.07. The molecular weight excluding hydrogens is 473 g/mol. The molecule has 8 heteroatoms. The molecular formula is C26H19Cl2N3O3. The molecule has 34 heavy (non-hydrogen) atoms. The maximum atomic E-state index is 12.4. The molecule has 0 aliphatic heterocycles. The van der Waals surface area contributed by atoms with Gasteiger partial charge in [-0.2, -0.15) is 5.10 Å². The summed E-state index contributed by atoms with van der Waals surface area (Å²) >= 11 is 11.8. The van der Waals surface area contributed by atoms with Crippen LogP contribution in [0.5, 0.6) is 5.75 Å². The predicted molar refractivity (Wildman–Crippen MR) is 136 cm³/mol. The van der Waals surface area contributed by atoms with Gasteiger partial charge in [-0.25, -0.2) is 5.43 Å². The van der Waals surface area contributed by atoms with Gasteiger partial charge in [-0.3, -0.25) is 9.59 Å². The number of nitrogens with zero attached hydrogens (tertiary/aromatic N) is 1. The van der Waals surface area contributed by atoms with Crippen LogP contribution in [0, 0.1) is 0 Å². The van der Waals surface area contributed by atoms with E-state index in [4.69, 9.17) is 27.9 Å². The van der Waals surface area contributed by atoms with Gasteiger partial charge in [-0.15, -0.1) is 0 Å². The van der Waals surface area contributed by atoms with Crippen molar-refractivity contribution < 1.29 is 14.3 Å². The van der Waals surface area contributed by atoms with Crippen molar-refractivity contribution in [3.63, 3.8) is 0 Å². The van der Waals surface area contributed by atoms with Gasteiger partial charge in [0.2, 0.25) is 0 Å². The average molecular weight is 492 g/mol. The molecule has 0 bridgehead atoms. The minimum Gasteiger partial charge on any atom is -0.484 e. The minimum atomic E-state index is -0.333. The van der Waals surface area contributed by atoms with Crippen molar-refractivity contribution in [2.45, 2.75) is 0 Å². The molecule has 2 amide bonds. The monoisotopic (exact) mass is 491 g/mol. The molecule has 0 unspecified atom stereocenters. The first-order valence-corrected chi connectivity index (χ1v) is 11.0. The highest BCUT2D eigenvalue weighted by atomic mass is 35.5. The highest BCUT2D eigenvalue weighted by molar-refractivity contribution is 6.42. The number of anilines is 1. The second kappa shape index (κ2) is 10.8. The number of carbonyl (C=O) groups is 2. The van der Waals surface area contributed by atoms with E-state index in [0.717, 1.165) is 16.3 Å². The molecule has 0 atom stereocenters. The Bertz CT molecular complexity index is 1370. The van der Waals surface area contributed by atoms with Crippen molar-refractivity contribution in [3.8, 4) is 5.75 Å². The molecule has 6 nitrogen and oxygen atoms in total. The largest absolute Gasteiger partial charge is 0.484 e. The summed E-state index contributed by atoms with van der Waals surface area (Å²) in [6.07, 6.45) is 1.53. The number of carbonyl (C=O) groups excluding carboxylic acids is 2. The van der Waals surface area contributed by atoms with Gasteiger partial charge in [0, 0.05) is 11.3 Å². The quantitative estimate of drug-likeness (QED) is 0.248. The lowest BCUT2D eigenvalue weighted by atomic mass is 10.1. The van der Waals surface area contributed by atoms with Gasteiger partial charge < -0.3 is 10.1 Å². The Labute approximate surface area is 206 Å². The second-order valence-corrected chi connectivity index (χ2v) is 8.11. The van der Waals surface area contributed by atoms with E-state index in [1.165, 1.54) is 6.21 Å². The molecule has 0 radical (unpaired) electrons. The Morgan fingerprint density at radius 1 is 0.853 bits per heavy atom. The Kier molecular flexibility index (Phi) is 7.42. The maximum Gasteiger partial charge on any atom is 0.271 e. The number of hydrogen-bond donors (Lipinski definition) is 2. The zero-order valence-electron chi connectivity index (χ0n) is 17.8. The smallest absolute Gasteiger partial charge is 0.271 e. The van der Waals surface area contributed by atoms with Crippen LogP contribution in [0.4, 0.5) is 5.69 Å². The Hall–Kier alpha value is -3.87. The first-order chi connectivity index (χ1) is 16.5. The third-order valence-electron chi connectivity index (χ3n) is 4.84. The van der Waals surface area contributed by atoms with Crippen LogP contribution in [0.15, 0.2) is 90.0 Å². The summed E-state index contributed by atoms with van der Waals surface area (Å²) in [5, 5.41) is 9.51. The van der Waals surface area contributed by atoms with Crippen LogP contribution in [-0.2, 0) is 4.79 Å². The lowest BCUT2D eigenvalue weighted by molar-refractivity contribution is -0.118. The fraction of sp³-hybridized carbons (Fsp3) is 0.0385. The molecule has 4 aromatic rings. The molecule has 4 aromatic carbocycles. The molecule has 2 N–H and O–H groups in total. The Morgan fingerprint density at radius 2 is 1.62 bits per heavy atom. The van der Waals surface area contributed by atoms with Gasteiger partial charge >= 0.3 is 0 Å². The first-order valence-electron chi connectivity index (χ1n) is 10.3. The van der Waals surface area contributed by atoms with Crippen molar-refractivity contribution in [1.82, 2.24) is 5.43 Å². The fourth-order valence-corrected chi connectivity index (χ4v) is 3.43. The summed E-state index contributed by atoms with van der Waals surface area (Å²) in [6, 6.07) is 25.1. The van der Waals surface area contributed by atoms with Gasteiger partial charge in [0.1, 0.15) is 5.75 Å². The van der Waals surface area contributed by atoms with Gasteiger partial charge in [0.05, 0.1) is 16.3 Å². The Balaban J connectivity index is 1.26. The third kappa shape index (κ3) is 6.13. The van der Waals surface area contributed by atoms with E-state index in [1.54, 1.807) is 48.5 Å². The number of halogens is 2. The number of benzene rings is 4. The first kappa shape index (κ1) is 23.3. The van der Waals surface area contributed by atoms with Crippen molar-refractivity contribution >= 4 is 57.7 Å². The van der Waals surface area contributed by atoms with E-state index in [1.807, 2.05) is 36.4 Å². The molecule has 0 aliphatic carbocycles. The van der Waals surface area contributed by atoms with E-state index < -0.39 is 0 Å². The molecule has 0 aromatic heterocycles. The highest BCUT2D eigenvalue weighted by Crippen LogP contribution is 2.25. The van der Waals surface area contributed by atoms with E-state index >= 15 is 0 Å². The zero-order valence-corrected chi connectivity index (χ0v) is 19.3. The molecule has 170 valence electrons. The topological polar surface area (TPSA) is 79.8 Å². The standard InChI is InChI=1S/C26H19Cl2N3O3/c27-23-12-9-21(14-24(23)28)30-25(32)16-34-22-10-5-17(6-11-22)15-29-31-26(33)20-8-7-18-3-1-2-4-19(18)13-20/h1-15H,16H2,(H,30,32)(H,31,33)/b29-15-. The SMILES string of the molecule is O=C(COc1ccc(/C=N\NC(=O)c2ccc3ccccc3c2)cc1)Nc1ccc(Cl)c(Cl)c1. The molecule has 0 fully saturated rings. The summed E-state index contributed by atoms with van der Waals surface area (Å²) in [5.41, 5.74) is 4.34.